The molecule has 6 heteroatoms. The molecule has 0 spiro atoms. The molecule has 1 N–H and O–H groups in total. The summed E-state index contributed by atoms with van der Waals surface area (Å²) >= 11 is 0. The summed E-state index contributed by atoms with van der Waals surface area (Å²) in [5.41, 5.74) is -0.602. The molecule has 0 unspecified atom stereocenters. The van der Waals surface area contributed by atoms with Crippen molar-refractivity contribution in [2.45, 2.75) is 59.1 Å². The zero-order chi connectivity index (χ0) is 17.8. The Kier molecular flexibility index (Phi) is 6.13. The van der Waals surface area contributed by atoms with Crippen molar-refractivity contribution >= 4 is 6.09 Å². The molecular formula is C17H26FNO4. The summed E-state index contributed by atoms with van der Waals surface area (Å²) in [7, 11) is 1.49. The molecule has 130 valence electrons. The van der Waals surface area contributed by atoms with E-state index in [4.69, 9.17) is 9.47 Å². The van der Waals surface area contributed by atoms with Crippen LogP contribution in [0.3, 0.4) is 0 Å². The second-order valence-electron chi connectivity index (χ2n) is 6.84. The smallest absolute Gasteiger partial charge is 0.412 e. The van der Waals surface area contributed by atoms with Gasteiger partial charge < -0.3 is 14.6 Å². The maximum atomic E-state index is 13.6. The minimum atomic E-state index is -0.936. The van der Waals surface area contributed by atoms with Crippen LogP contribution in [0, 0.1) is 5.82 Å². The molecule has 0 heterocycles. The fourth-order valence-electron chi connectivity index (χ4n) is 1.98. The minimum absolute atomic E-state index is 0.0977. The number of halogens is 1. The van der Waals surface area contributed by atoms with E-state index < -0.39 is 23.2 Å². The van der Waals surface area contributed by atoms with Gasteiger partial charge in [-0.3, -0.25) is 4.90 Å². The van der Waals surface area contributed by atoms with Gasteiger partial charge in [0.2, 0.25) is 0 Å². The van der Waals surface area contributed by atoms with Gasteiger partial charge in [-0.1, -0.05) is 6.07 Å². The van der Waals surface area contributed by atoms with Gasteiger partial charge in [0.05, 0.1) is 13.2 Å². The van der Waals surface area contributed by atoms with Crippen LogP contribution in [0.2, 0.25) is 0 Å². The van der Waals surface area contributed by atoms with Gasteiger partial charge in [-0.05, 0) is 57.9 Å². The van der Waals surface area contributed by atoms with Gasteiger partial charge in [0.15, 0.2) is 0 Å². The molecule has 23 heavy (non-hydrogen) atoms. The van der Waals surface area contributed by atoms with E-state index in [9.17, 15) is 14.3 Å². The minimum Gasteiger partial charge on any atom is -0.444 e. The summed E-state index contributed by atoms with van der Waals surface area (Å²) < 4.78 is 24.4. The Balaban J connectivity index is 3.11. The van der Waals surface area contributed by atoms with Crippen molar-refractivity contribution in [1.82, 2.24) is 4.90 Å². The molecule has 0 aromatic heterocycles. The summed E-state index contributed by atoms with van der Waals surface area (Å²) in [5, 5.41) is 9.19. The normalized spacial score (nSPS) is 12.2. The first-order valence-electron chi connectivity index (χ1n) is 7.43. The highest BCUT2D eigenvalue weighted by Gasteiger charge is 2.34. The molecule has 0 aliphatic rings. The van der Waals surface area contributed by atoms with Crippen LogP contribution in [-0.2, 0) is 22.6 Å². The predicted molar refractivity (Wildman–Crippen MR) is 85.2 cm³/mol. The summed E-state index contributed by atoms with van der Waals surface area (Å²) in [5.74, 6) is -0.467. The summed E-state index contributed by atoms with van der Waals surface area (Å²) in [6.45, 7) is 8.59. The van der Waals surface area contributed by atoms with Crippen molar-refractivity contribution < 1.29 is 23.8 Å². The average molecular weight is 327 g/mol. The molecule has 1 amide bonds. The number of hydrogen-bond donors (Lipinski definition) is 1. The quantitative estimate of drug-likeness (QED) is 0.842. The van der Waals surface area contributed by atoms with Crippen molar-refractivity contribution in [2.75, 3.05) is 7.11 Å². The van der Waals surface area contributed by atoms with Gasteiger partial charge >= 0.3 is 6.09 Å². The second-order valence-corrected chi connectivity index (χ2v) is 6.84. The topological polar surface area (TPSA) is 59.0 Å². The molecule has 1 rings (SSSR count). The molecule has 0 aliphatic carbocycles. The Morgan fingerprint density at radius 1 is 1.17 bits per heavy atom. The lowest BCUT2D eigenvalue weighted by Crippen LogP contribution is -2.50. The van der Waals surface area contributed by atoms with Gasteiger partial charge in [0, 0.05) is 7.11 Å². The molecule has 0 atom stereocenters. The lowest BCUT2D eigenvalue weighted by atomic mass is 10.1. The average Bonchev–Trinajstić information content (AvgIpc) is 2.42. The third kappa shape index (κ3) is 5.80. The number of carbonyl (C=O) groups is 1. The number of amides is 1. The molecule has 0 saturated carbocycles. The first-order chi connectivity index (χ1) is 10.5. The highest BCUT2D eigenvalue weighted by Crippen LogP contribution is 2.23. The molecule has 0 aliphatic heterocycles. The highest BCUT2D eigenvalue weighted by molar-refractivity contribution is 5.69. The number of nitrogens with zero attached hydrogens (tertiary/aromatic N) is 1. The monoisotopic (exact) mass is 327 g/mol. The van der Waals surface area contributed by atoms with Crippen LogP contribution in [0.25, 0.3) is 0 Å². The molecule has 0 saturated heterocycles. The van der Waals surface area contributed by atoms with Crippen molar-refractivity contribution in [2.24, 2.45) is 0 Å². The van der Waals surface area contributed by atoms with E-state index >= 15 is 0 Å². The first-order valence-corrected chi connectivity index (χ1v) is 7.43. The van der Waals surface area contributed by atoms with Crippen LogP contribution in [-0.4, -0.2) is 34.5 Å². The van der Waals surface area contributed by atoms with E-state index in [1.54, 1.807) is 40.7 Å². The molecule has 5 nitrogen and oxygen atoms in total. The van der Waals surface area contributed by atoms with Crippen molar-refractivity contribution in [1.29, 1.82) is 0 Å². The maximum absolute atomic E-state index is 13.6. The third-order valence-corrected chi connectivity index (χ3v) is 3.30. The number of aliphatic hydroxyl groups excluding tert-OH is 1. The van der Waals surface area contributed by atoms with Gasteiger partial charge in [-0.25, -0.2) is 9.18 Å². The molecule has 1 aromatic rings. The van der Waals surface area contributed by atoms with E-state index in [1.807, 2.05) is 0 Å². The standard InChI is InChI=1S/C17H26FNO4/c1-16(2,3)23-15(21)19(17(4,5)22-6)10-12-7-13(11-20)9-14(18)8-12/h7-9,20H,10-11H2,1-6H3. The van der Waals surface area contributed by atoms with Gasteiger partial charge in [-0.2, -0.15) is 0 Å². The molecule has 0 bridgehead atoms. The van der Waals surface area contributed by atoms with Crippen LogP contribution >= 0.6 is 0 Å². The van der Waals surface area contributed by atoms with E-state index in [-0.39, 0.29) is 13.2 Å². The lowest BCUT2D eigenvalue weighted by molar-refractivity contribution is -0.111. The Hall–Kier alpha value is -1.66. The maximum Gasteiger partial charge on any atom is 0.412 e. The van der Waals surface area contributed by atoms with Crippen LogP contribution < -0.4 is 0 Å². The number of aliphatic hydroxyl groups is 1. The summed E-state index contributed by atoms with van der Waals surface area (Å²) in [4.78, 5) is 13.9. The molecule has 1 aromatic carbocycles. The van der Waals surface area contributed by atoms with Gasteiger partial charge in [0.1, 0.15) is 17.1 Å². The number of carbonyl (C=O) groups excluding carboxylic acids is 1. The number of rotatable bonds is 5. The van der Waals surface area contributed by atoms with Crippen LogP contribution in [0.4, 0.5) is 9.18 Å². The lowest BCUT2D eigenvalue weighted by Gasteiger charge is -2.38. The van der Waals surface area contributed by atoms with Crippen LogP contribution in [0.5, 0.6) is 0 Å². The number of benzene rings is 1. The summed E-state index contributed by atoms with van der Waals surface area (Å²) in [6, 6.07) is 4.22. The van der Waals surface area contributed by atoms with Crippen LogP contribution in [0.15, 0.2) is 18.2 Å². The van der Waals surface area contributed by atoms with E-state index in [2.05, 4.69) is 0 Å². The highest BCUT2D eigenvalue weighted by atomic mass is 19.1. The molecule has 0 fully saturated rings. The van der Waals surface area contributed by atoms with E-state index in [0.717, 1.165) is 0 Å². The number of hydrogen-bond acceptors (Lipinski definition) is 4. The summed E-state index contributed by atoms with van der Waals surface area (Å²) in [6.07, 6.45) is -0.556. The van der Waals surface area contributed by atoms with Crippen molar-refractivity contribution in [3.05, 3.63) is 35.1 Å². The SMILES string of the molecule is COC(C)(C)N(Cc1cc(F)cc(CO)c1)C(=O)OC(C)(C)C. The van der Waals surface area contributed by atoms with Gasteiger partial charge in [0.25, 0.3) is 0 Å². The van der Waals surface area contributed by atoms with Crippen LogP contribution in [0.1, 0.15) is 45.7 Å². The number of methoxy groups -OCH3 is 1. The predicted octanol–water partition coefficient (Wildman–Crippen LogP) is 3.44. The molecular weight excluding hydrogens is 301 g/mol. The number of ether oxygens (including phenoxy) is 2. The fraction of sp³-hybridized carbons (Fsp3) is 0.588. The Labute approximate surface area is 137 Å². The van der Waals surface area contributed by atoms with Gasteiger partial charge in [-0.15, -0.1) is 0 Å². The van der Waals surface area contributed by atoms with Crippen molar-refractivity contribution in [3.63, 3.8) is 0 Å². The second kappa shape index (κ2) is 7.27. The zero-order valence-corrected chi connectivity index (χ0v) is 14.6. The largest absolute Gasteiger partial charge is 0.444 e. The Morgan fingerprint density at radius 3 is 2.22 bits per heavy atom. The van der Waals surface area contributed by atoms with E-state index in [0.29, 0.717) is 11.1 Å². The Bertz CT molecular complexity index is 552. The Morgan fingerprint density at radius 2 is 1.74 bits per heavy atom. The molecule has 0 radical (unpaired) electrons. The zero-order valence-electron chi connectivity index (χ0n) is 14.6. The van der Waals surface area contributed by atoms with Crippen molar-refractivity contribution in [3.8, 4) is 0 Å². The van der Waals surface area contributed by atoms with E-state index in [1.165, 1.54) is 24.1 Å². The third-order valence-electron chi connectivity index (χ3n) is 3.30. The fourth-order valence-corrected chi connectivity index (χ4v) is 1.98. The first kappa shape index (κ1) is 19.4.